The number of anilines is 1. The molecule has 0 N–H and O–H groups in total. The SMILES string of the molecule is CC(=O)c1ccc(N2CCN(CC(=O)N3C[C@@H](C)O[C@H](C)C3)CC2)cc1. The number of nitrogens with zero attached hydrogens (tertiary/aromatic N) is 3. The molecule has 0 unspecified atom stereocenters. The topological polar surface area (TPSA) is 53.1 Å². The maximum atomic E-state index is 12.6. The average Bonchev–Trinajstić information content (AvgIpc) is 2.61. The van der Waals surface area contributed by atoms with E-state index < -0.39 is 0 Å². The molecule has 0 radical (unpaired) electrons. The summed E-state index contributed by atoms with van der Waals surface area (Å²) >= 11 is 0. The standard InChI is InChI=1S/C20H29N3O3/c1-15-12-23(13-16(2)26-15)20(25)14-21-8-10-22(11-9-21)19-6-4-18(5-7-19)17(3)24/h4-7,15-16H,8-14H2,1-3H3/t15-,16-/m1/s1. The highest BCUT2D eigenvalue weighted by Crippen LogP contribution is 2.18. The molecule has 1 amide bonds. The summed E-state index contributed by atoms with van der Waals surface area (Å²) < 4.78 is 5.71. The summed E-state index contributed by atoms with van der Waals surface area (Å²) in [5.41, 5.74) is 1.88. The zero-order valence-corrected chi connectivity index (χ0v) is 16.0. The van der Waals surface area contributed by atoms with Crippen LogP contribution in [0.1, 0.15) is 31.1 Å². The molecule has 0 bridgehead atoms. The molecule has 6 heteroatoms. The Bertz CT molecular complexity index is 628. The van der Waals surface area contributed by atoms with Crippen LogP contribution in [-0.2, 0) is 9.53 Å². The minimum atomic E-state index is 0.0895. The third-order valence-electron chi connectivity index (χ3n) is 5.14. The molecule has 2 aliphatic rings. The van der Waals surface area contributed by atoms with Crippen molar-refractivity contribution in [1.82, 2.24) is 9.80 Å². The van der Waals surface area contributed by atoms with Crippen molar-refractivity contribution in [2.45, 2.75) is 33.0 Å². The fourth-order valence-electron chi connectivity index (χ4n) is 3.74. The van der Waals surface area contributed by atoms with Gasteiger partial charge in [0, 0.05) is 50.5 Å². The molecule has 1 aromatic rings. The number of morpholine rings is 1. The number of carbonyl (C=O) groups is 2. The van der Waals surface area contributed by atoms with Crippen molar-refractivity contribution < 1.29 is 14.3 Å². The van der Waals surface area contributed by atoms with Gasteiger partial charge in [-0.2, -0.15) is 0 Å². The summed E-state index contributed by atoms with van der Waals surface area (Å²) in [4.78, 5) is 30.5. The van der Waals surface area contributed by atoms with E-state index in [0.29, 0.717) is 19.6 Å². The van der Waals surface area contributed by atoms with E-state index >= 15 is 0 Å². The third-order valence-corrected chi connectivity index (χ3v) is 5.14. The van der Waals surface area contributed by atoms with Gasteiger partial charge in [-0.3, -0.25) is 14.5 Å². The number of Topliss-reactive ketones (excluding diaryl/α,β-unsaturated/α-hetero) is 1. The summed E-state index contributed by atoms with van der Waals surface area (Å²) in [6, 6.07) is 7.78. The van der Waals surface area contributed by atoms with Gasteiger partial charge < -0.3 is 14.5 Å². The predicted molar refractivity (Wildman–Crippen MR) is 102 cm³/mol. The van der Waals surface area contributed by atoms with Gasteiger partial charge in [-0.25, -0.2) is 0 Å². The van der Waals surface area contributed by atoms with Gasteiger partial charge in [0.05, 0.1) is 18.8 Å². The fourth-order valence-corrected chi connectivity index (χ4v) is 3.74. The minimum absolute atomic E-state index is 0.0895. The molecule has 0 aliphatic carbocycles. The van der Waals surface area contributed by atoms with E-state index in [-0.39, 0.29) is 23.9 Å². The van der Waals surface area contributed by atoms with E-state index in [9.17, 15) is 9.59 Å². The molecule has 0 aromatic heterocycles. The monoisotopic (exact) mass is 359 g/mol. The van der Waals surface area contributed by atoms with Crippen LogP contribution in [0.15, 0.2) is 24.3 Å². The number of hydrogen-bond acceptors (Lipinski definition) is 5. The van der Waals surface area contributed by atoms with Gasteiger partial charge in [-0.05, 0) is 45.0 Å². The van der Waals surface area contributed by atoms with E-state index in [1.54, 1.807) is 6.92 Å². The number of amides is 1. The first-order chi connectivity index (χ1) is 12.4. The van der Waals surface area contributed by atoms with Gasteiger partial charge >= 0.3 is 0 Å². The van der Waals surface area contributed by atoms with Crippen LogP contribution in [-0.4, -0.2) is 79.5 Å². The van der Waals surface area contributed by atoms with Crippen LogP contribution >= 0.6 is 0 Å². The molecular weight excluding hydrogens is 330 g/mol. The first-order valence-electron chi connectivity index (χ1n) is 9.44. The number of ketones is 1. The number of rotatable bonds is 4. The van der Waals surface area contributed by atoms with E-state index in [1.165, 1.54) is 0 Å². The molecular formula is C20H29N3O3. The second-order valence-electron chi connectivity index (χ2n) is 7.42. The molecule has 2 atom stereocenters. The van der Waals surface area contributed by atoms with Crippen LogP contribution in [0.5, 0.6) is 0 Å². The highest BCUT2D eigenvalue weighted by atomic mass is 16.5. The minimum Gasteiger partial charge on any atom is -0.372 e. The van der Waals surface area contributed by atoms with Crippen LogP contribution in [0.3, 0.4) is 0 Å². The fraction of sp³-hybridized carbons (Fsp3) is 0.600. The molecule has 2 saturated heterocycles. The molecule has 2 aliphatic heterocycles. The molecule has 1 aromatic carbocycles. The van der Waals surface area contributed by atoms with Crippen LogP contribution in [0.25, 0.3) is 0 Å². The van der Waals surface area contributed by atoms with E-state index in [0.717, 1.165) is 37.4 Å². The summed E-state index contributed by atoms with van der Waals surface area (Å²) in [5.74, 6) is 0.290. The summed E-state index contributed by atoms with van der Waals surface area (Å²) in [6.45, 7) is 11.0. The van der Waals surface area contributed by atoms with Crippen LogP contribution in [0.4, 0.5) is 5.69 Å². The number of piperazine rings is 1. The van der Waals surface area contributed by atoms with Gasteiger partial charge in [-0.1, -0.05) is 0 Å². The van der Waals surface area contributed by atoms with Crippen LogP contribution in [0, 0.1) is 0 Å². The van der Waals surface area contributed by atoms with Crippen molar-refractivity contribution in [3.05, 3.63) is 29.8 Å². The molecule has 2 heterocycles. The molecule has 0 spiro atoms. The zero-order valence-electron chi connectivity index (χ0n) is 16.0. The van der Waals surface area contributed by atoms with Gasteiger partial charge in [-0.15, -0.1) is 0 Å². The number of ether oxygens (including phenoxy) is 1. The van der Waals surface area contributed by atoms with Crippen molar-refractivity contribution in [3.8, 4) is 0 Å². The first-order valence-corrected chi connectivity index (χ1v) is 9.44. The molecule has 142 valence electrons. The summed E-state index contributed by atoms with van der Waals surface area (Å²) in [5, 5.41) is 0. The number of benzene rings is 1. The zero-order chi connectivity index (χ0) is 18.7. The van der Waals surface area contributed by atoms with Crippen LogP contribution in [0.2, 0.25) is 0 Å². The Morgan fingerprint density at radius 1 is 1.00 bits per heavy atom. The Balaban J connectivity index is 1.49. The van der Waals surface area contributed by atoms with E-state index in [1.807, 2.05) is 43.0 Å². The molecule has 6 nitrogen and oxygen atoms in total. The first kappa shape index (κ1) is 18.9. The van der Waals surface area contributed by atoms with Crippen LogP contribution < -0.4 is 4.90 Å². The van der Waals surface area contributed by atoms with E-state index in [4.69, 9.17) is 4.74 Å². The highest BCUT2D eigenvalue weighted by Gasteiger charge is 2.27. The lowest BCUT2D eigenvalue weighted by molar-refractivity contribution is -0.144. The van der Waals surface area contributed by atoms with Gasteiger partial charge in [0.1, 0.15) is 0 Å². The second-order valence-corrected chi connectivity index (χ2v) is 7.42. The van der Waals surface area contributed by atoms with E-state index in [2.05, 4.69) is 9.80 Å². The summed E-state index contributed by atoms with van der Waals surface area (Å²) in [7, 11) is 0. The molecule has 0 saturated carbocycles. The lowest BCUT2D eigenvalue weighted by Crippen LogP contribution is -2.53. The lowest BCUT2D eigenvalue weighted by atomic mass is 10.1. The third kappa shape index (κ3) is 4.62. The predicted octanol–water partition coefficient (Wildman–Crippen LogP) is 1.65. The van der Waals surface area contributed by atoms with Crippen molar-refractivity contribution in [1.29, 1.82) is 0 Å². The van der Waals surface area contributed by atoms with Gasteiger partial charge in [0.2, 0.25) is 5.91 Å². The number of carbonyl (C=O) groups excluding carboxylic acids is 2. The molecule has 2 fully saturated rings. The van der Waals surface area contributed by atoms with Crippen molar-refractivity contribution in [2.24, 2.45) is 0 Å². The Morgan fingerprint density at radius 2 is 1.58 bits per heavy atom. The Morgan fingerprint density at radius 3 is 2.12 bits per heavy atom. The normalized spacial score (nSPS) is 24.6. The summed E-state index contributed by atoms with van der Waals surface area (Å²) in [6.07, 6.45) is 0.218. The van der Waals surface area contributed by atoms with Gasteiger partial charge in [0.25, 0.3) is 0 Å². The highest BCUT2D eigenvalue weighted by molar-refractivity contribution is 5.94. The smallest absolute Gasteiger partial charge is 0.236 e. The second kappa shape index (κ2) is 8.18. The van der Waals surface area contributed by atoms with Gasteiger partial charge in [0.15, 0.2) is 5.78 Å². The Kier molecular flexibility index (Phi) is 5.94. The maximum absolute atomic E-state index is 12.6. The van der Waals surface area contributed by atoms with Crippen molar-refractivity contribution in [2.75, 3.05) is 50.7 Å². The quantitative estimate of drug-likeness (QED) is 0.765. The Hall–Kier alpha value is -1.92. The van der Waals surface area contributed by atoms with Crippen molar-refractivity contribution in [3.63, 3.8) is 0 Å². The van der Waals surface area contributed by atoms with Crippen molar-refractivity contribution >= 4 is 17.4 Å². The molecule has 3 rings (SSSR count). The Labute approximate surface area is 155 Å². The molecule has 26 heavy (non-hydrogen) atoms. The maximum Gasteiger partial charge on any atom is 0.236 e. The lowest BCUT2D eigenvalue weighted by Gasteiger charge is -2.39. The average molecular weight is 359 g/mol. The largest absolute Gasteiger partial charge is 0.372 e. The number of hydrogen-bond donors (Lipinski definition) is 0.